The molecule has 0 atom stereocenters. The van der Waals surface area contributed by atoms with Crippen LogP contribution in [-0.2, 0) is 0 Å². The van der Waals surface area contributed by atoms with E-state index in [-0.39, 0.29) is 16.5 Å². The van der Waals surface area contributed by atoms with Crippen molar-refractivity contribution in [2.24, 2.45) is 0 Å². The number of carbonyl (C=O) groups excluding carboxylic acids is 1. The van der Waals surface area contributed by atoms with Crippen LogP contribution < -0.4 is 0 Å². The van der Waals surface area contributed by atoms with Crippen LogP contribution in [-0.4, -0.2) is 11.3 Å². The normalized spacial score (nSPS) is 10.9. The maximum absolute atomic E-state index is 13.9. The topological polar surface area (TPSA) is 32.9 Å². The molecule has 0 aliphatic rings. The van der Waals surface area contributed by atoms with Crippen molar-refractivity contribution in [1.82, 2.24) is 4.98 Å². The summed E-state index contributed by atoms with van der Waals surface area (Å²) in [4.78, 5) is 14.1. The van der Waals surface area contributed by atoms with Gasteiger partial charge in [0.25, 0.3) is 0 Å². The summed E-state index contributed by atoms with van der Waals surface area (Å²) in [7, 11) is 0. The minimum absolute atomic E-state index is 0.00324. The van der Waals surface area contributed by atoms with Gasteiger partial charge in [-0.25, -0.2) is 8.78 Å². The number of carbonyl (C=O) groups is 1. The summed E-state index contributed by atoms with van der Waals surface area (Å²) in [5.41, 5.74) is 2.31. The maximum atomic E-state index is 13.9. The minimum Gasteiger partial charge on any atom is -0.351 e. The standard InChI is InChI=1S/C16H11F2NO/c1-9-3-2-4-10(7-9)15-11(8-20)14-12(17)5-6-13(18)16(14)19-15/h2-8,19H,1H3. The Labute approximate surface area is 114 Å². The molecule has 0 radical (unpaired) electrons. The molecule has 20 heavy (non-hydrogen) atoms. The first-order chi connectivity index (χ1) is 9.61. The highest BCUT2D eigenvalue weighted by Gasteiger charge is 2.18. The second-order valence-electron chi connectivity index (χ2n) is 4.68. The number of aromatic nitrogens is 1. The molecule has 0 saturated heterocycles. The van der Waals surface area contributed by atoms with Gasteiger partial charge in [-0.2, -0.15) is 0 Å². The maximum Gasteiger partial charge on any atom is 0.152 e. The number of aldehydes is 1. The Morgan fingerprint density at radius 1 is 1.10 bits per heavy atom. The number of rotatable bonds is 2. The van der Waals surface area contributed by atoms with Crippen molar-refractivity contribution in [2.45, 2.75) is 6.92 Å². The summed E-state index contributed by atoms with van der Waals surface area (Å²) >= 11 is 0. The van der Waals surface area contributed by atoms with E-state index in [9.17, 15) is 13.6 Å². The largest absolute Gasteiger partial charge is 0.351 e. The van der Waals surface area contributed by atoms with E-state index in [1.165, 1.54) is 0 Å². The molecule has 0 fully saturated rings. The Morgan fingerprint density at radius 3 is 2.55 bits per heavy atom. The first kappa shape index (κ1) is 12.5. The lowest BCUT2D eigenvalue weighted by Gasteiger charge is -2.01. The first-order valence-electron chi connectivity index (χ1n) is 6.13. The highest BCUT2D eigenvalue weighted by atomic mass is 19.1. The fourth-order valence-corrected chi connectivity index (χ4v) is 2.40. The summed E-state index contributed by atoms with van der Waals surface area (Å²) in [5.74, 6) is -1.19. The van der Waals surface area contributed by atoms with Crippen LogP contribution in [0.5, 0.6) is 0 Å². The van der Waals surface area contributed by atoms with Crippen molar-refractivity contribution in [3.63, 3.8) is 0 Å². The number of fused-ring (bicyclic) bond motifs is 1. The Bertz CT molecular complexity index is 821. The van der Waals surface area contributed by atoms with E-state index in [1.807, 2.05) is 25.1 Å². The monoisotopic (exact) mass is 271 g/mol. The van der Waals surface area contributed by atoms with Gasteiger partial charge < -0.3 is 4.98 Å². The zero-order valence-electron chi connectivity index (χ0n) is 10.7. The Morgan fingerprint density at radius 2 is 1.85 bits per heavy atom. The zero-order chi connectivity index (χ0) is 14.3. The molecule has 1 N–H and O–H groups in total. The first-order valence-corrected chi connectivity index (χ1v) is 6.13. The van der Waals surface area contributed by atoms with Crippen molar-refractivity contribution in [3.05, 3.63) is 59.2 Å². The van der Waals surface area contributed by atoms with Gasteiger partial charge in [0.15, 0.2) is 6.29 Å². The van der Waals surface area contributed by atoms with Crippen molar-refractivity contribution in [3.8, 4) is 11.3 Å². The van der Waals surface area contributed by atoms with Gasteiger partial charge in [-0.15, -0.1) is 0 Å². The van der Waals surface area contributed by atoms with E-state index >= 15 is 0 Å². The fraction of sp³-hybridized carbons (Fsp3) is 0.0625. The lowest BCUT2D eigenvalue weighted by atomic mass is 10.0. The van der Waals surface area contributed by atoms with E-state index in [4.69, 9.17) is 0 Å². The Balaban J connectivity index is 2.40. The molecule has 3 rings (SSSR count). The molecule has 100 valence electrons. The number of aromatic amines is 1. The van der Waals surface area contributed by atoms with Crippen LogP contribution in [0, 0.1) is 18.6 Å². The molecule has 2 nitrogen and oxygen atoms in total. The third kappa shape index (κ3) is 1.81. The molecule has 0 unspecified atom stereocenters. The van der Waals surface area contributed by atoms with Gasteiger partial charge in [-0.05, 0) is 30.7 Å². The van der Waals surface area contributed by atoms with Crippen molar-refractivity contribution >= 4 is 17.2 Å². The highest BCUT2D eigenvalue weighted by Crippen LogP contribution is 2.32. The SMILES string of the molecule is Cc1cccc(-c2[nH]c3c(F)ccc(F)c3c2C=O)c1. The van der Waals surface area contributed by atoms with Crippen molar-refractivity contribution < 1.29 is 13.6 Å². The predicted octanol–water partition coefficient (Wildman–Crippen LogP) is 4.23. The molecule has 1 aromatic heterocycles. The van der Waals surface area contributed by atoms with Crippen LogP contribution in [0.25, 0.3) is 22.2 Å². The van der Waals surface area contributed by atoms with Crippen molar-refractivity contribution in [1.29, 1.82) is 0 Å². The summed E-state index contributed by atoms with van der Waals surface area (Å²) in [5, 5.41) is -0.00324. The van der Waals surface area contributed by atoms with E-state index in [2.05, 4.69) is 4.98 Å². The summed E-state index contributed by atoms with van der Waals surface area (Å²) in [6.45, 7) is 1.91. The van der Waals surface area contributed by atoms with Gasteiger partial charge in [-0.1, -0.05) is 23.8 Å². The molecule has 0 aliphatic heterocycles. The van der Waals surface area contributed by atoms with Crippen LogP contribution in [0.3, 0.4) is 0 Å². The van der Waals surface area contributed by atoms with Gasteiger partial charge in [0, 0.05) is 5.39 Å². The van der Waals surface area contributed by atoms with E-state index in [0.29, 0.717) is 12.0 Å². The quantitative estimate of drug-likeness (QED) is 0.695. The number of H-pyrrole nitrogens is 1. The van der Waals surface area contributed by atoms with Gasteiger partial charge in [-0.3, -0.25) is 4.79 Å². The molecule has 1 heterocycles. The predicted molar refractivity (Wildman–Crippen MR) is 73.8 cm³/mol. The second-order valence-corrected chi connectivity index (χ2v) is 4.68. The minimum atomic E-state index is -0.612. The van der Waals surface area contributed by atoms with Crippen LogP contribution in [0.15, 0.2) is 36.4 Å². The highest BCUT2D eigenvalue weighted by molar-refractivity contribution is 6.04. The van der Waals surface area contributed by atoms with Gasteiger partial charge >= 0.3 is 0 Å². The third-order valence-corrected chi connectivity index (χ3v) is 3.32. The van der Waals surface area contributed by atoms with Crippen LogP contribution >= 0.6 is 0 Å². The smallest absolute Gasteiger partial charge is 0.152 e. The molecule has 4 heteroatoms. The number of aryl methyl sites for hydroxylation is 1. The average molecular weight is 271 g/mol. The zero-order valence-corrected chi connectivity index (χ0v) is 10.7. The molecule has 0 saturated carbocycles. The number of halogens is 2. The van der Waals surface area contributed by atoms with E-state index in [0.717, 1.165) is 23.3 Å². The van der Waals surface area contributed by atoms with Crippen molar-refractivity contribution in [2.75, 3.05) is 0 Å². The summed E-state index contributed by atoms with van der Waals surface area (Å²) in [6.07, 6.45) is 0.555. The van der Waals surface area contributed by atoms with Gasteiger partial charge in [0.1, 0.15) is 11.6 Å². The molecule has 0 bridgehead atoms. The molecule has 0 amide bonds. The van der Waals surface area contributed by atoms with Gasteiger partial charge in [0.05, 0.1) is 16.8 Å². The summed E-state index contributed by atoms with van der Waals surface area (Å²) < 4.78 is 27.7. The molecular weight excluding hydrogens is 260 g/mol. The Kier molecular flexibility index (Phi) is 2.86. The van der Waals surface area contributed by atoms with Gasteiger partial charge in [0.2, 0.25) is 0 Å². The third-order valence-electron chi connectivity index (χ3n) is 3.32. The fourth-order valence-electron chi connectivity index (χ4n) is 2.40. The lowest BCUT2D eigenvalue weighted by Crippen LogP contribution is -1.86. The second kappa shape index (κ2) is 4.56. The Hall–Kier alpha value is -2.49. The average Bonchev–Trinajstić information content (AvgIpc) is 2.83. The summed E-state index contributed by atoms with van der Waals surface area (Å²) in [6, 6.07) is 9.46. The number of benzene rings is 2. The number of nitrogens with one attached hydrogen (secondary N) is 1. The molecule has 3 aromatic rings. The molecule has 0 spiro atoms. The van der Waals surface area contributed by atoms with Crippen LogP contribution in [0.1, 0.15) is 15.9 Å². The molecule has 2 aromatic carbocycles. The molecule has 0 aliphatic carbocycles. The number of hydrogen-bond acceptors (Lipinski definition) is 1. The molecular formula is C16H11F2NO. The van der Waals surface area contributed by atoms with E-state index < -0.39 is 11.6 Å². The lowest BCUT2D eigenvalue weighted by molar-refractivity contribution is 0.112. The van der Waals surface area contributed by atoms with E-state index in [1.54, 1.807) is 6.07 Å². The van der Waals surface area contributed by atoms with Crippen LogP contribution in [0.2, 0.25) is 0 Å². The number of hydrogen-bond donors (Lipinski definition) is 1. The van der Waals surface area contributed by atoms with Crippen LogP contribution in [0.4, 0.5) is 8.78 Å².